The molecule has 0 unspecified atom stereocenters. The summed E-state index contributed by atoms with van der Waals surface area (Å²) in [6, 6.07) is 13.5. The van der Waals surface area contributed by atoms with Crippen LogP contribution in [0.2, 0.25) is 5.02 Å². The Hall–Kier alpha value is -1.78. The standard InChI is InChI=1S/C18H21ClN2OS/c1-18(2,3)12-9-10-16(22-4)15(11-12)21-17(23)20-14-8-6-5-7-13(14)19/h5-11H,1-4H3,(H2,20,21,23). The number of nitrogens with one attached hydrogen (secondary N) is 2. The molecule has 0 atom stereocenters. The van der Waals surface area contributed by atoms with Crippen molar-refractivity contribution < 1.29 is 4.74 Å². The second-order valence-electron chi connectivity index (χ2n) is 6.22. The van der Waals surface area contributed by atoms with Gasteiger partial charge >= 0.3 is 0 Å². The lowest BCUT2D eigenvalue weighted by atomic mass is 9.87. The molecular weight excluding hydrogens is 328 g/mol. The van der Waals surface area contributed by atoms with Gasteiger partial charge in [-0.15, -0.1) is 0 Å². The van der Waals surface area contributed by atoms with E-state index < -0.39 is 0 Å². The summed E-state index contributed by atoms with van der Waals surface area (Å²) >= 11 is 11.5. The first-order valence-corrected chi connectivity index (χ1v) is 8.11. The summed E-state index contributed by atoms with van der Waals surface area (Å²) in [4.78, 5) is 0. The zero-order chi connectivity index (χ0) is 17.0. The molecule has 0 aliphatic carbocycles. The van der Waals surface area contributed by atoms with Gasteiger partial charge in [0.2, 0.25) is 0 Å². The minimum atomic E-state index is 0.0422. The molecule has 3 nitrogen and oxygen atoms in total. The van der Waals surface area contributed by atoms with Crippen LogP contribution in [0.4, 0.5) is 11.4 Å². The van der Waals surface area contributed by atoms with E-state index in [9.17, 15) is 0 Å². The fourth-order valence-electron chi connectivity index (χ4n) is 2.11. The number of ether oxygens (including phenoxy) is 1. The molecule has 0 radical (unpaired) electrons. The summed E-state index contributed by atoms with van der Waals surface area (Å²) in [5, 5.41) is 7.37. The van der Waals surface area contributed by atoms with Crippen LogP contribution >= 0.6 is 23.8 Å². The number of para-hydroxylation sites is 1. The Morgan fingerprint density at radius 2 is 1.70 bits per heavy atom. The van der Waals surface area contributed by atoms with Gasteiger partial charge < -0.3 is 15.4 Å². The molecule has 122 valence electrons. The van der Waals surface area contributed by atoms with Gasteiger partial charge in [0.25, 0.3) is 0 Å². The summed E-state index contributed by atoms with van der Waals surface area (Å²) in [6.45, 7) is 6.50. The average molecular weight is 349 g/mol. The number of halogens is 1. The van der Waals surface area contributed by atoms with E-state index in [1.807, 2.05) is 30.3 Å². The van der Waals surface area contributed by atoms with Crippen molar-refractivity contribution in [3.8, 4) is 5.75 Å². The molecule has 0 bridgehead atoms. The molecule has 0 aromatic heterocycles. The summed E-state index contributed by atoms with van der Waals surface area (Å²) in [5.74, 6) is 0.737. The second-order valence-corrected chi connectivity index (χ2v) is 7.04. The Balaban J connectivity index is 2.21. The molecule has 2 N–H and O–H groups in total. The maximum Gasteiger partial charge on any atom is 0.175 e. The van der Waals surface area contributed by atoms with Crippen LogP contribution in [-0.4, -0.2) is 12.2 Å². The molecule has 0 aliphatic rings. The monoisotopic (exact) mass is 348 g/mol. The van der Waals surface area contributed by atoms with Gasteiger partial charge in [-0.05, 0) is 47.5 Å². The fourth-order valence-corrected chi connectivity index (χ4v) is 2.51. The van der Waals surface area contributed by atoms with Crippen molar-refractivity contribution in [3.05, 3.63) is 53.1 Å². The first-order valence-electron chi connectivity index (χ1n) is 7.32. The molecule has 0 amide bonds. The Bertz CT molecular complexity index is 710. The molecule has 0 saturated carbocycles. The molecule has 0 saturated heterocycles. The van der Waals surface area contributed by atoms with E-state index in [1.54, 1.807) is 7.11 Å². The van der Waals surface area contributed by atoms with Crippen LogP contribution in [0.5, 0.6) is 5.75 Å². The predicted octanol–water partition coefficient (Wildman–Crippen LogP) is 5.46. The number of anilines is 2. The maximum absolute atomic E-state index is 6.14. The smallest absolute Gasteiger partial charge is 0.175 e. The van der Waals surface area contributed by atoms with Gasteiger partial charge in [0.1, 0.15) is 5.75 Å². The minimum absolute atomic E-state index is 0.0422. The van der Waals surface area contributed by atoms with Crippen LogP contribution in [0.15, 0.2) is 42.5 Å². The number of hydrogen-bond acceptors (Lipinski definition) is 2. The highest BCUT2D eigenvalue weighted by atomic mass is 35.5. The molecule has 5 heteroatoms. The SMILES string of the molecule is COc1ccc(C(C)(C)C)cc1NC(=S)Nc1ccccc1Cl. The van der Waals surface area contributed by atoms with E-state index in [-0.39, 0.29) is 5.41 Å². The number of thiocarbonyl (C=S) groups is 1. The fraction of sp³-hybridized carbons (Fsp3) is 0.278. The molecule has 23 heavy (non-hydrogen) atoms. The van der Waals surface area contributed by atoms with E-state index in [2.05, 4.69) is 43.5 Å². The maximum atomic E-state index is 6.14. The first kappa shape index (κ1) is 17.6. The van der Waals surface area contributed by atoms with E-state index in [0.29, 0.717) is 10.1 Å². The number of rotatable bonds is 3. The molecule has 2 rings (SSSR count). The summed E-state index contributed by atoms with van der Waals surface area (Å²) < 4.78 is 5.41. The zero-order valence-electron chi connectivity index (χ0n) is 13.7. The predicted molar refractivity (Wildman–Crippen MR) is 103 cm³/mol. The molecule has 0 aliphatic heterocycles. The van der Waals surface area contributed by atoms with Gasteiger partial charge in [0.15, 0.2) is 5.11 Å². The molecule has 0 fully saturated rings. The van der Waals surface area contributed by atoms with Crippen LogP contribution in [0, 0.1) is 0 Å². The van der Waals surface area contributed by atoms with Gasteiger partial charge in [-0.25, -0.2) is 0 Å². The van der Waals surface area contributed by atoms with Crippen LogP contribution in [0.1, 0.15) is 26.3 Å². The van der Waals surface area contributed by atoms with E-state index in [1.165, 1.54) is 5.56 Å². The summed E-state index contributed by atoms with van der Waals surface area (Å²) in [6.07, 6.45) is 0. The summed E-state index contributed by atoms with van der Waals surface area (Å²) in [7, 11) is 1.64. The van der Waals surface area contributed by atoms with Crippen molar-refractivity contribution in [3.63, 3.8) is 0 Å². The molecule has 0 heterocycles. The quantitative estimate of drug-likeness (QED) is 0.722. The van der Waals surface area contributed by atoms with Crippen LogP contribution in [0.3, 0.4) is 0 Å². The third-order valence-electron chi connectivity index (χ3n) is 3.44. The highest BCUT2D eigenvalue weighted by Gasteiger charge is 2.16. The third kappa shape index (κ3) is 4.60. The Morgan fingerprint density at radius 3 is 2.30 bits per heavy atom. The largest absolute Gasteiger partial charge is 0.495 e. The van der Waals surface area contributed by atoms with Gasteiger partial charge in [0, 0.05) is 0 Å². The van der Waals surface area contributed by atoms with Crippen LogP contribution < -0.4 is 15.4 Å². The number of benzene rings is 2. The van der Waals surface area contributed by atoms with Crippen LogP contribution in [-0.2, 0) is 5.41 Å². The number of hydrogen-bond donors (Lipinski definition) is 2. The van der Waals surface area contributed by atoms with Crippen LogP contribution in [0.25, 0.3) is 0 Å². The van der Waals surface area contributed by atoms with Gasteiger partial charge in [0.05, 0.1) is 23.5 Å². The topological polar surface area (TPSA) is 33.3 Å². The third-order valence-corrected chi connectivity index (χ3v) is 3.97. The molecule has 0 spiro atoms. The Labute approximate surface area is 148 Å². The number of methoxy groups -OCH3 is 1. The molecule has 2 aromatic carbocycles. The highest BCUT2D eigenvalue weighted by Crippen LogP contribution is 2.31. The lowest BCUT2D eigenvalue weighted by molar-refractivity contribution is 0.416. The van der Waals surface area contributed by atoms with E-state index >= 15 is 0 Å². The lowest BCUT2D eigenvalue weighted by Gasteiger charge is -2.22. The second kappa shape index (κ2) is 7.20. The molecule has 2 aromatic rings. The Morgan fingerprint density at radius 1 is 1.04 bits per heavy atom. The normalized spacial score (nSPS) is 11.0. The van der Waals surface area contributed by atoms with Crippen molar-refractivity contribution in [1.29, 1.82) is 0 Å². The summed E-state index contributed by atoms with van der Waals surface area (Å²) in [5.41, 5.74) is 2.82. The van der Waals surface area contributed by atoms with Crippen molar-refractivity contribution in [2.45, 2.75) is 26.2 Å². The first-order chi connectivity index (χ1) is 10.8. The average Bonchev–Trinajstić information content (AvgIpc) is 2.48. The van der Waals surface area contributed by atoms with Crippen molar-refractivity contribution in [2.24, 2.45) is 0 Å². The zero-order valence-corrected chi connectivity index (χ0v) is 15.3. The minimum Gasteiger partial charge on any atom is -0.495 e. The van der Waals surface area contributed by atoms with Gasteiger partial charge in [-0.1, -0.05) is 50.6 Å². The van der Waals surface area contributed by atoms with Gasteiger partial charge in [-0.2, -0.15) is 0 Å². The highest BCUT2D eigenvalue weighted by molar-refractivity contribution is 7.80. The molecular formula is C18H21ClN2OS. The Kier molecular flexibility index (Phi) is 5.50. The lowest BCUT2D eigenvalue weighted by Crippen LogP contribution is -2.20. The van der Waals surface area contributed by atoms with Crippen molar-refractivity contribution in [2.75, 3.05) is 17.7 Å². The van der Waals surface area contributed by atoms with E-state index in [0.717, 1.165) is 17.1 Å². The van der Waals surface area contributed by atoms with Crippen molar-refractivity contribution in [1.82, 2.24) is 0 Å². The van der Waals surface area contributed by atoms with Gasteiger partial charge in [-0.3, -0.25) is 0 Å². The van der Waals surface area contributed by atoms with E-state index in [4.69, 9.17) is 28.6 Å². The van der Waals surface area contributed by atoms with Crippen molar-refractivity contribution >= 4 is 40.3 Å².